The molecule has 9 nitrogen and oxygen atoms in total. The molecule has 0 radical (unpaired) electrons. The van der Waals surface area contributed by atoms with Gasteiger partial charge in [0, 0.05) is 5.56 Å². The van der Waals surface area contributed by atoms with E-state index in [9.17, 15) is 0 Å². The number of methoxy groups -OCH3 is 1. The predicted octanol–water partition coefficient (Wildman–Crippen LogP) is 0.973. The van der Waals surface area contributed by atoms with Crippen LogP contribution in [-0.4, -0.2) is 28.8 Å². The van der Waals surface area contributed by atoms with Crippen LogP contribution in [0.4, 0.5) is 5.69 Å². The monoisotopic (exact) mass is 285 g/mol. The number of benzene rings is 1. The number of hydrogen-bond donors (Lipinski definition) is 3. The van der Waals surface area contributed by atoms with Gasteiger partial charge in [-0.1, -0.05) is 17.3 Å². The molecule has 2 aromatic rings. The van der Waals surface area contributed by atoms with Gasteiger partial charge in [-0.3, -0.25) is 15.4 Å². The van der Waals surface area contributed by atoms with Crippen LogP contribution in [0.5, 0.6) is 6.08 Å². The lowest BCUT2D eigenvalue weighted by molar-refractivity contribution is 0.250. The molecule has 0 unspecified atom stereocenters. The number of nitrogens with two attached hydrogens (primary N) is 1. The maximum absolute atomic E-state index is 8.75. The average molecular weight is 285 g/mol. The van der Waals surface area contributed by atoms with E-state index in [-0.39, 0.29) is 11.8 Å². The van der Waals surface area contributed by atoms with Crippen LogP contribution in [0.2, 0.25) is 0 Å². The van der Waals surface area contributed by atoms with Gasteiger partial charge in [-0.15, -0.1) is 0 Å². The summed E-state index contributed by atoms with van der Waals surface area (Å²) >= 11 is 0. The number of nitrogens with zero attached hydrogens (tertiary/aromatic N) is 4. The van der Waals surface area contributed by atoms with Crippen LogP contribution >= 0.6 is 0 Å². The second kappa shape index (κ2) is 6.16. The summed E-state index contributed by atoms with van der Waals surface area (Å²) in [6.07, 6.45) is 0.0599. The van der Waals surface area contributed by atoms with Gasteiger partial charge < -0.3 is 10.5 Å². The fourth-order valence-corrected chi connectivity index (χ4v) is 1.40. The van der Waals surface area contributed by atoms with Gasteiger partial charge in [0.25, 0.3) is 0 Å². The first kappa shape index (κ1) is 14.0. The quantitative estimate of drug-likeness (QED) is 0.421. The summed E-state index contributed by atoms with van der Waals surface area (Å²) in [7, 11) is 1.43. The third kappa shape index (κ3) is 3.32. The molecule has 0 fully saturated rings. The Hall–Kier alpha value is -3.41. The van der Waals surface area contributed by atoms with E-state index in [1.54, 1.807) is 30.3 Å². The molecule has 2 rings (SSSR count). The molecule has 1 aromatic heterocycles. The van der Waals surface area contributed by atoms with Crippen LogP contribution in [0.25, 0.3) is 11.4 Å². The van der Waals surface area contributed by atoms with Gasteiger partial charge in [0.2, 0.25) is 11.5 Å². The molecule has 0 saturated carbocycles. The smallest absolute Gasteiger partial charge is 0.417 e. The van der Waals surface area contributed by atoms with E-state index < -0.39 is 5.84 Å². The molecular weight excluding hydrogens is 274 g/mol. The van der Waals surface area contributed by atoms with Gasteiger partial charge >= 0.3 is 6.08 Å². The number of nitrogens with one attached hydrogen (secondary N) is 2. The van der Waals surface area contributed by atoms with Gasteiger partial charge in [0.1, 0.15) is 6.07 Å². The minimum Gasteiger partial charge on any atom is -0.452 e. The molecule has 9 heteroatoms. The predicted molar refractivity (Wildman–Crippen MR) is 74.9 cm³/mol. The van der Waals surface area contributed by atoms with Crippen molar-refractivity contribution in [2.24, 2.45) is 10.8 Å². The highest BCUT2D eigenvalue weighted by atomic mass is 16.6. The third-order valence-corrected chi connectivity index (χ3v) is 2.36. The number of hydrogen-bond acceptors (Lipinski definition) is 8. The molecular formula is C12H11N7O2. The van der Waals surface area contributed by atoms with Crippen LogP contribution in [-0.2, 0) is 0 Å². The Labute approximate surface area is 119 Å². The van der Waals surface area contributed by atoms with E-state index in [1.807, 2.05) is 0 Å². The number of amidine groups is 1. The zero-order chi connectivity index (χ0) is 15.2. The van der Waals surface area contributed by atoms with Crippen LogP contribution in [0.1, 0.15) is 0 Å². The highest BCUT2D eigenvalue weighted by molar-refractivity contribution is 6.45. The Morgan fingerprint density at radius 3 is 3.00 bits per heavy atom. The zero-order valence-electron chi connectivity index (χ0n) is 11.0. The standard InChI is InChI=1S/C12H11N7O2/c1-20-12-16-11(19-21-12)7-3-2-4-8(5-7)17-18-9(6-13)10(14)15/h2-5,17H,1H3,(H3,14,15)/b18-9+. The Morgan fingerprint density at radius 1 is 1.57 bits per heavy atom. The number of anilines is 1. The van der Waals surface area contributed by atoms with E-state index >= 15 is 0 Å². The van der Waals surface area contributed by atoms with Crippen LogP contribution in [0.15, 0.2) is 33.9 Å². The normalized spacial score (nSPS) is 10.8. The SMILES string of the molecule is COc1nc(-c2cccc(N/N=C(\C#N)C(=N)N)c2)no1. The molecule has 0 saturated heterocycles. The van der Waals surface area contributed by atoms with Crippen LogP contribution in [0.3, 0.4) is 0 Å². The Balaban J connectivity index is 2.22. The molecule has 0 amide bonds. The summed E-state index contributed by atoms with van der Waals surface area (Å²) in [6.45, 7) is 0. The molecule has 0 atom stereocenters. The molecule has 21 heavy (non-hydrogen) atoms. The van der Waals surface area contributed by atoms with Crippen molar-refractivity contribution < 1.29 is 9.26 Å². The van der Waals surface area contributed by atoms with E-state index in [0.717, 1.165) is 0 Å². The van der Waals surface area contributed by atoms with Crippen molar-refractivity contribution in [3.8, 4) is 23.5 Å². The topological polar surface area (TPSA) is 146 Å². The van der Waals surface area contributed by atoms with Crippen LogP contribution in [0, 0.1) is 16.7 Å². The Morgan fingerprint density at radius 2 is 2.38 bits per heavy atom. The minimum atomic E-state index is -0.413. The van der Waals surface area contributed by atoms with Crippen molar-refractivity contribution >= 4 is 17.2 Å². The van der Waals surface area contributed by atoms with Crippen molar-refractivity contribution in [1.29, 1.82) is 10.7 Å². The average Bonchev–Trinajstić information content (AvgIpc) is 2.97. The summed E-state index contributed by atoms with van der Waals surface area (Å²) in [6, 6.07) is 8.65. The number of aromatic nitrogens is 2. The summed E-state index contributed by atoms with van der Waals surface area (Å²) in [4.78, 5) is 4.01. The highest BCUT2D eigenvalue weighted by Gasteiger charge is 2.09. The fourth-order valence-electron chi connectivity index (χ4n) is 1.40. The largest absolute Gasteiger partial charge is 0.452 e. The first-order chi connectivity index (χ1) is 10.1. The number of hydrazone groups is 1. The maximum Gasteiger partial charge on any atom is 0.417 e. The number of ether oxygens (including phenoxy) is 1. The number of rotatable bonds is 5. The van der Waals surface area contributed by atoms with Gasteiger partial charge in [0.05, 0.1) is 12.8 Å². The molecule has 4 N–H and O–H groups in total. The van der Waals surface area contributed by atoms with Crippen LogP contribution < -0.4 is 15.9 Å². The van der Waals surface area contributed by atoms with E-state index in [0.29, 0.717) is 17.1 Å². The van der Waals surface area contributed by atoms with E-state index in [2.05, 4.69) is 20.7 Å². The van der Waals surface area contributed by atoms with Gasteiger partial charge in [0.15, 0.2) is 5.84 Å². The van der Waals surface area contributed by atoms with Gasteiger partial charge in [-0.05, 0) is 12.1 Å². The van der Waals surface area contributed by atoms with Crippen molar-refractivity contribution in [1.82, 2.24) is 10.1 Å². The van der Waals surface area contributed by atoms with Gasteiger partial charge in [-0.25, -0.2) is 0 Å². The zero-order valence-corrected chi connectivity index (χ0v) is 11.0. The highest BCUT2D eigenvalue weighted by Crippen LogP contribution is 2.21. The lowest BCUT2D eigenvalue weighted by Gasteiger charge is -2.02. The summed E-state index contributed by atoms with van der Waals surface area (Å²) in [5.74, 6) is -0.0596. The lowest BCUT2D eigenvalue weighted by Crippen LogP contribution is -2.21. The summed E-state index contributed by atoms with van der Waals surface area (Å²) in [5.41, 5.74) is 8.87. The molecule has 106 valence electrons. The Kier molecular flexibility index (Phi) is 4.11. The van der Waals surface area contributed by atoms with E-state index in [4.69, 9.17) is 25.7 Å². The molecule has 0 aliphatic heterocycles. The number of nitriles is 1. The second-order valence-electron chi connectivity index (χ2n) is 3.77. The van der Waals surface area contributed by atoms with E-state index in [1.165, 1.54) is 7.11 Å². The second-order valence-corrected chi connectivity index (χ2v) is 3.77. The molecule has 0 aliphatic rings. The first-order valence-corrected chi connectivity index (χ1v) is 5.70. The maximum atomic E-state index is 8.75. The van der Waals surface area contributed by atoms with Crippen molar-refractivity contribution in [2.75, 3.05) is 12.5 Å². The van der Waals surface area contributed by atoms with Gasteiger partial charge in [-0.2, -0.15) is 15.3 Å². The molecule has 0 spiro atoms. The fraction of sp³-hybridized carbons (Fsp3) is 0.0833. The van der Waals surface area contributed by atoms with Crippen molar-refractivity contribution in [3.63, 3.8) is 0 Å². The third-order valence-electron chi connectivity index (χ3n) is 2.36. The summed E-state index contributed by atoms with van der Waals surface area (Å²) in [5, 5.41) is 23.4. The molecule has 1 heterocycles. The van der Waals surface area contributed by atoms with Crippen molar-refractivity contribution in [3.05, 3.63) is 24.3 Å². The molecule has 0 bridgehead atoms. The van der Waals surface area contributed by atoms with Crippen molar-refractivity contribution in [2.45, 2.75) is 0 Å². The lowest BCUT2D eigenvalue weighted by atomic mass is 10.2. The first-order valence-electron chi connectivity index (χ1n) is 5.70. The minimum absolute atomic E-state index is 0.0599. The molecule has 0 aliphatic carbocycles. The molecule has 1 aromatic carbocycles. The Bertz CT molecular complexity index is 729. The summed E-state index contributed by atoms with van der Waals surface area (Å²) < 4.78 is 9.65.